The van der Waals surface area contributed by atoms with Gasteiger partial charge in [-0.3, -0.25) is 4.79 Å². The fourth-order valence-electron chi connectivity index (χ4n) is 2.00. The van der Waals surface area contributed by atoms with E-state index in [1.54, 1.807) is 0 Å². The third-order valence-electron chi connectivity index (χ3n) is 2.73. The molecule has 15 heavy (non-hydrogen) atoms. The lowest BCUT2D eigenvalue weighted by Crippen LogP contribution is -2.23. The monoisotopic (exact) mass is 316 g/mol. The highest BCUT2D eigenvalue weighted by Crippen LogP contribution is 2.35. The second kappa shape index (κ2) is 4.51. The lowest BCUT2D eigenvalue weighted by Gasteiger charge is -2.19. The fourth-order valence-corrected chi connectivity index (χ4v) is 2.65. The van der Waals surface area contributed by atoms with Crippen LogP contribution in [0.15, 0.2) is 30.3 Å². The average molecular weight is 316 g/mol. The van der Waals surface area contributed by atoms with Crippen molar-refractivity contribution in [3.05, 3.63) is 35.9 Å². The molecule has 0 unspecified atom stereocenters. The summed E-state index contributed by atoms with van der Waals surface area (Å²) in [5.41, 5.74) is 1.21. The van der Waals surface area contributed by atoms with E-state index in [4.69, 9.17) is 4.74 Å². The number of alkyl halides is 1. The zero-order valence-electron chi connectivity index (χ0n) is 8.52. The number of hydrogen-bond donors (Lipinski definition) is 0. The Bertz CT molecular complexity index is 348. The van der Waals surface area contributed by atoms with Gasteiger partial charge in [-0.15, -0.1) is 0 Å². The van der Waals surface area contributed by atoms with Crippen LogP contribution in [0, 0.1) is 0 Å². The number of carbonyl (C=O) groups is 1. The summed E-state index contributed by atoms with van der Waals surface area (Å²) in [5.74, 6) is 0.156. The molecule has 0 amide bonds. The molecule has 3 heteroatoms. The van der Waals surface area contributed by atoms with Gasteiger partial charge in [-0.05, 0) is 12.5 Å². The first-order valence-corrected chi connectivity index (χ1v) is 6.31. The fraction of sp³-hybridized carbons (Fsp3) is 0.417. The SMILES string of the molecule is C[C@@H](I)[C@H]1OC(=O)C[C@H]1c1ccccc1. The molecule has 80 valence electrons. The van der Waals surface area contributed by atoms with Crippen molar-refractivity contribution in [2.75, 3.05) is 0 Å². The Morgan fingerprint density at radius 2 is 2.07 bits per heavy atom. The zero-order valence-corrected chi connectivity index (χ0v) is 10.7. The number of cyclic esters (lactones) is 1. The second-order valence-electron chi connectivity index (χ2n) is 3.85. The summed E-state index contributed by atoms with van der Waals surface area (Å²) < 4.78 is 5.69. The van der Waals surface area contributed by atoms with Crippen LogP contribution in [0.5, 0.6) is 0 Å². The summed E-state index contributed by atoms with van der Waals surface area (Å²) in [7, 11) is 0. The molecule has 1 aromatic carbocycles. The van der Waals surface area contributed by atoms with Crippen LogP contribution in [0.4, 0.5) is 0 Å². The smallest absolute Gasteiger partial charge is 0.306 e. The molecule has 0 bridgehead atoms. The Labute approximate surface area is 103 Å². The third kappa shape index (κ3) is 2.33. The van der Waals surface area contributed by atoms with Crippen LogP contribution in [0.1, 0.15) is 24.8 Å². The van der Waals surface area contributed by atoms with Crippen molar-refractivity contribution in [1.29, 1.82) is 0 Å². The van der Waals surface area contributed by atoms with Crippen molar-refractivity contribution in [2.45, 2.75) is 29.3 Å². The summed E-state index contributed by atoms with van der Waals surface area (Å²) in [6, 6.07) is 10.1. The van der Waals surface area contributed by atoms with Crippen molar-refractivity contribution in [1.82, 2.24) is 0 Å². The topological polar surface area (TPSA) is 26.3 Å². The largest absolute Gasteiger partial charge is 0.461 e. The zero-order chi connectivity index (χ0) is 10.8. The molecule has 2 nitrogen and oxygen atoms in total. The predicted molar refractivity (Wildman–Crippen MR) is 67.2 cm³/mol. The first kappa shape index (κ1) is 10.9. The summed E-state index contributed by atoms with van der Waals surface area (Å²) in [5, 5.41) is 0. The molecular weight excluding hydrogens is 303 g/mol. The minimum Gasteiger partial charge on any atom is -0.461 e. The van der Waals surface area contributed by atoms with Gasteiger partial charge in [0.15, 0.2) is 0 Å². The Morgan fingerprint density at radius 1 is 1.40 bits per heavy atom. The molecular formula is C12H13IO2. The standard InChI is InChI=1S/C12H13IO2/c1-8(13)12-10(7-11(14)15-12)9-5-3-2-4-6-9/h2-6,8,10,12H,7H2,1H3/t8-,10+,12-/m1/s1. The minimum atomic E-state index is -0.0719. The van der Waals surface area contributed by atoms with Crippen LogP contribution >= 0.6 is 22.6 Å². The molecule has 2 rings (SSSR count). The third-order valence-corrected chi connectivity index (χ3v) is 3.44. The van der Waals surface area contributed by atoms with Gasteiger partial charge >= 0.3 is 5.97 Å². The molecule has 0 aromatic heterocycles. The van der Waals surface area contributed by atoms with Crippen molar-refractivity contribution >= 4 is 28.6 Å². The van der Waals surface area contributed by atoms with Gasteiger partial charge in [0.1, 0.15) is 6.10 Å². The molecule has 1 aromatic rings. The van der Waals surface area contributed by atoms with Gasteiger partial charge in [-0.2, -0.15) is 0 Å². The predicted octanol–water partition coefficient (Wildman–Crippen LogP) is 2.91. The van der Waals surface area contributed by atoms with Gasteiger partial charge in [0.25, 0.3) is 0 Å². The quantitative estimate of drug-likeness (QED) is 0.476. The van der Waals surface area contributed by atoms with Crippen LogP contribution in [-0.2, 0) is 9.53 Å². The Morgan fingerprint density at radius 3 is 2.67 bits per heavy atom. The molecule has 1 aliphatic rings. The van der Waals surface area contributed by atoms with E-state index in [2.05, 4.69) is 41.6 Å². The molecule has 1 heterocycles. The lowest BCUT2D eigenvalue weighted by atomic mass is 9.91. The summed E-state index contributed by atoms with van der Waals surface area (Å²) >= 11 is 2.32. The van der Waals surface area contributed by atoms with Gasteiger partial charge in [0, 0.05) is 9.84 Å². The van der Waals surface area contributed by atoms with E-state index in [-0.39, 0.29) is 18.0 Å². The average Bonchev–Trinajstić information content (AvgIpc) is 2.62. The maximum atomic E-state index is 11.3. The number of esters is 1. The van der Waals surface area contributed by atoms with E-state index in [0.717, 1.165) is 0 Å². The normalized spacial score (nSPS) is 27.5. The van der Waals surface area contributed by atoms with E-state index < -0.39 is 0 Å². The highest BCUT2D eigenvalue weighted by molar-refractivity contribution is 14.1. The molecule has 0 spiro atoms. The van der Waals surface area contributed by atoms with Gasteiger partial charge in [-0.25, -0.2) is 0 Å². The first-order chi connectivity index (χ1) is 7.18. The number of rotatable bonds is 2. The maximum absolute atomic E-state index is 11.3. The van der Waals surface area contributed by atoms with E-state index in [1.165, 1.54) is 5.56 Å². The minimum absolute atomic E-state index is 0.0282. The van der Waals surface area contributed by atoms with E-state index >= 15 is 0 Å². The van der Waals surface area contributed by atoms with Gasteiger partial charge in [0.05, 0.1) is 6.42 Å². The van der Waals surface area contributed by atoms with Crippen molar-refractivity contribution in [3.63, 3.8) is 0 Å². The molecule has 0 aliphatic carbocycles. The number of carbonyl (C=O) groups excluding carboxylic acids is 1. The highest BCUT2D eigenvalue weighted by atomic mass is 127. The van der Waals surface area contributed by atoms with E-state index in [0.29, 0.717) is 10.3 Å². The van der Waals surface area contributed by atoms with Crippen LogP contribution in [0.25, 0.3) is 0 Å². The molecule has 0 saturated carbocycles. The number of hydrogen-bond acceptors (Lipinski definition) is 2. The summed E-state index contributed by atoms with van der Waals surface area (Å²) in [4.78, 5) is 11.3. The number of halogens is 1. The number of benzene rings is 1. The van der Waals surface area contributed by atoms with Gasteiger partial charge < -0.3 is 4.74 Å². The molecule has 1 fully saturated rings. The molecule has 0 radical (unpaired) electrons. The van der Waals surface area contributed by atoms with Crippen molar-refractivity contribution in [3.8, 4) is 0 Å². The molecule has 1 saturated heterocycles. The highest BCUT2D eigenvalue weighted by Gasteiger charge is 2.38. The van der Waals surface area contributed by atoms with Crippen LogP contribution in [0.2, 0.25) is 0 Å². The first-order valence-electron chi connectivity index (χ1n) is 5.07. The Hall–Kier alpha value is -0.580. The van der Waals surface area contributed by atoms with Gasteiger partial charge in [-0.1, -0.05) is 52.9 Å². The number of ether oxygens (including phenoxy) is 1. The molecule has 1 aliphatic heterocycles. The van der Waals surface area contributed by atoms with Crippen LogP contribution in [-0.4, -0.2) is 16.0 Å². The summed E-state index contributed by atoms with van der Waals surface area (Å²) in [6.07, 6.45) is 0.544. The Kier molecular flexibility index (Phi) is 3.29. The van der Waals surface area contributed by atoms with E-state index in [1.807, 2.05) is 18.2 Å². The summed E-state index contributed by atoms with van der Waals surface area (Å²) in [6.45, 7) is 2.08. The Balaban J connectivity index is 2.24. The maximum Gasteiger partial charge on any atom is 0.306 e. The van der Waals surface area contributed by atoms with E-state index in [9.17, 15) is 4.79 Å². The van der Waals surface area contributed by atoms with Crippen molar-refractivity contribution in [2.24, 2.45) is 0 Å². The van der Waals surface area contributed by atoms with Gasteiger partial charge in [0.2, 0.25) is 0 Å². The molecule has 3 atom stereocenters. The van der Waals surface area contributed by atoms with Crippen LogP contribution in [0.3, 0.4) is 0 Å². The van der Waals surface area contributed by atoms with Crippen LogP contribution < -0.4 is 0 Å². The lowest BCUT2D eigenvalue weighted by molar-refractivity contribution is -0.141. The second-order valence-corrected chi connectivity index (χ2v) is 5.82. The molecule has 0 N–H and O–H groups in total. The van der Waals surface area contributed by atoms with Crippen molar-refractivity contribution < 1.29 is 9.53 Å².